The normalized spacial score (nSPS) is 12.8. The summed E-state index contributed by atoms with van der Waals surface area (Å²) in [6.07, 6.45) is 0.948. The van der Waals surface area contributed by atoms with Gasteiger partial charge in [-0.05, 0) is 25.8 Å². The monoisotopic (exact) mass is 371 g/mol. The van der Waals surface area contributed by atoms with Gasteiger partial charge in [-0.1, -0.05) is 37.3 Å². The molecule has 1 aromatic rings. The van der Waals surface area contributed by atoms with Crippen LogP contribution in [0.5, 0.6) is 0 Å². The molecule has 1 atom stereocenters. The number of hydrogen-bond donors (Lipinski definition) is 1. The average Bonchev–Trinajstić information content (AvgIpc) is 2.60. The Bertz CT molecular complexity index is 528. The minimum atomic E-state index is -3.18. The second-order valence-corrected chi connectivity index (χ2v) is 7.78. The standard InChI is InChI=1S/C18H30NO5P/c1-4-17(15-22-14-16-10-8-7-9-11-16)19-18(20)12-13-25(21,23-5-2)24-6-3/h7-11,17H,4-6,12-15H2,1-3H3,(H,19,20). The van der Waals surface area contributed by atoms with E-state index in [1.165, 1.54) is 0 Å². The van der Waals surface area contributed by atoms with E-state index in [9.17, 15) is 9.36 Å². The summed E-state index contributed by atoms with van der Waals surface area (Å²) < 4.78 is 28.4. The van der Waals surface area contributed by atoms with Crippen molar-refractivity contribution in [3.63, 3.8) is 0 Å². The van der Waals surface area contributed by atoms with Gasteiger partial charge in [-0.25, -0.2) is 0 Å². The SMILES string of the molecule is CCOP(=O)(CCC(=O)NC(CC)COCc1ccccc1)OCC. The van der Waals surface area contributed by atoms with Gasteiger partial charge in [0.25, 0.3) is 0 Å². The Balaban J connectivity index is 2.35. The van der Waals surface area contributed by atoms with Crippen molar-refractivity contribution in [2.45, 2.75) is 46.3 Å². The van der Waals surface area contributed by atoms with E-state index in [4.69, 9.17) is 13.8 Å². The number of benzene rings is 1. The molecule has 0 aromatic heterocycles. The van der Waals surface area contributed by atoms with E-state index >= 15 is 0 Å². The van der Waals surface area contributed by atoms with Gasteiger partial charge in [0.1, 0.15) is 0 Å². The number of amides is 1. The van der Waals surface area contributed by atoms with E-state index in [0.29, 0.717) is 26.4 Å². The zero-order chi connectivity index (χ0) is 18.5. The van der Waals surface area contributed by atoms with Gasteiger partial charge in [0.15, 0.2) is 0 Å². The molecule has 0 aliphatic carbocycles. The third-order valence-corrected chi connectivity index (χ3v) is 5.63. The van der Waals surface area contributed by atoms with Crippen molar-refractivity contribution in [2.24, 2.45) is 0 Å². The Morgan fingerprint density at radius 2 is 1.76 bits per heavy atom. The van der Waals surface area contributed by atoms with Gasteiger partial charge in [0.2, 0.25) is 5.91 Å². The summed E-state index contributed by atoms with van der Waals surface area (Å²) >= 11 is 0. The topological polar surface area (TPSA) is 73.9 Å². The van der Waals surface area contributed by atoms with Crippen molar-refractivity contribution in [2.75, 3.05) is 26.0 Å². The molecule has 1 unspecified atom stereocenters. The van der Waals surface area contributed by atoms with Crippen molar-refractivity contribution < 1.29 is 23.1 Å². The van der Waals surface area contributed by atoms with Crippen LogP contribution in [0.15, 0.2) is 30.3 Å². The molecular formula is C18H30NO5P. The lowest BCUT2D eigenvalue weighted by Gasteiger charge is -2.19. The third kappa shape index (κ3) is 9.17. The number of hydrogen-bond acceptors (Lipinski definition) is 5. The summed E-state index contributed by atoms with van der Waals surface area (Å²) in [7, 11) is -3.18. The van der Waals surface area contributed by atoms with Crippen LogP contribution in [0, 0.1) is 0 Å². The molecule has 1 rings (SSSR count). The third-order valence-electron chi connectivity index (χ3n) is 3.55. The molecule has 0 bridgehead atoms. The van der Waals surface area contributed by atoms with Crippen LogP contribution in [0.4, 0.5) is 0 Å². The molecular weight excluding hydrogens is 341 g/mol. The van der Waals surface area contributed by atoms with Gasteiger partial charge in [-0.2, -0.15) is 0 Å². The highest BCUT2D eigenvalue weighted by Gasteiger charge is 2.25. The van der Waals surface area contributed by atoms with Crippen LogP contribution in [-0.4, -0.2) is 37.9 Å². The van der Waals surface area contributed by atoms with Gasteiger partial charge in [0.05, 0.1) is 38.6 Å². The summed E-state index contributed by atoms with van der Waals surface area (Å²) in [5, 5.41) is 2.91. The molecule has 0 saturated carbocycles. The molecule has 0 heterocycles. The van der Waals surface area contributed by atoms with E-state index in [1.54, 1.807) is 13.8 Å². The predicted octanol–water partition coefficient (Wildman–Crippen LogP) is 3.75. The number of ether oxygens (including phenoxy) is 1. The van der Waals surface area contributed by atoms with E-state index in [1.807, 2.05) is 37.3 Å². The van der Waals surface area contributed by atoms with E-state index < -0.39 is 7.60 Å². The lowest BCUT2D eigenvalue weighted by molar-refractivity contribution is -0.122. The molecule has 0 fully saturated rings. The van der Waals surface area contributed by atoms with Crippen molar-refractivity contribution in [3.8, 4) is 0 Å². The highest BCUT2D eigenvalue weighted by molar-refractivity contribution is 7.53. The first-order valence-corrected chi connectivity index (χ1v) is 10.5. The maximum Gasteiger partial charge on any atom is 0.331 e. The second-order valence-electron chi connectivity index (χ2n) is 5.59. The summed E-state index contributed by atoms with van der Waals surface area (Å²) in [4.78, 5) is 12.1. The number of carbonyl (C=O) groups excluding carboxylic acids is 1. The number of rotatable bonds is 13. The first kappa shape index (κ1) is 21.8. The van der Waals surface area contributed by atoms with Crippen LogP contribution >= 0.6 is 7.60 Å². The van der Waals surface area contributed by atoms with Crippen molar-refractivity contribution in [3.05, 3.63) is 35.9 Å². The lowest BCUT2D eigenvalue weighted by atomic mass is 10.2. The molecule has 1 amide bonds. The van der Waals surface area contributed by atoms with E-state index in [-0.39, 0.29) is 24.5 Å². The number of nitrogens with one attached hydrogen (secondary N) is 1. The smallest absolute Gasteiger partial charge is 0.331 e. The summed E-state index contributed by atoms with van der Waals surface area (Å²) in [5.41, 5.74) is 1.10. The molecule has 6 nitrogen and oxygen atoms in total. The molecule has 1 N–H and O–H groups in total. The maximum absolute atomic E-state index is 12.4. The average molecular weight is 371 g/mol. The minimum absolute atomic E-state index is 0.0743. The first-order chi connectivity index (χ1) is 12.0. The lowest BCUT2D eigenvalue weighted by Crippen LogP contribution is -2.38. The van der Waals surface area contributed by atoms with Crippen LogP contribution in [-0.2, 0) is 29.8 Å². The molecule has 142 valence electrons. The van der Waals surface area contributed by atoms with Gasteiger partial charge in [0, 0.05) is 6.42 Å². The molecule has 0 radical (unpaired) electrons. The van der Waals surface area contributed by atoms with Gasteiger partial charge in [-0.15, -0.1) is 0 Å². The van der Waals surface area contributed by atoms with Gasteiger partial charge < -0.3 is 19.1 Å². The number of carbonyl (C=O) groups is 1. The highest BCUT2D eigenvalue weighted by Crippen LogP contribution is 2.48. The maximum atomic E-state index is 12.4. The minimum Gasteiger partial charge on any atom is -0.375 e. The predicted molar refractivity (Wildman–Crippen MR) is 98.7 cm³/mol. The second kappa shape index (κ2) is 12.2. The Hall–Kier alpha value is -1.20. The zero-order valence-electron chi connectivity index (χ0n) is 15.4. The largest absolute Gasteiger partial charge is 0.375 e. The van der Waals surface area contributed by atoms with E-state index in [2.05, 4.69) is 5.32 Å². The fourth-order valence-electron chi connectivity index (χ4n) is 2.25. The Kier molecular flexibility index (Phi) is 10.7. The molecule has 0 aliphatic heterocycles. The van der Waals surface area contributed by atoms with Gasteiger partial charge >= 0.3 is 7.60 Å². The molecule has 0 saturated heterocycles. The van der Waals surface area contributed by atoms with Crippen LogP contribution in [0.1, 0.15) is 39.2 Å². The van der Waals surface area contributed by atoms with Gasteiger partial charge in [-0.3, -0.25) is 9.36 Å². The Labute approximate surface area is 150 Å². The van der Waals surface area contributed by atoms with Crippen molar-refractivity contribution in [1.29, 1.82) is 0 Å². The van der Waals surface area contributed by atoms with Crippen molar-refractivity contribution in [1.82, 2.24) is 5.32 Å². The quantitative estimate of drug-likeness (QED) is 0.535. The first-order valence-electron chi connectivity index (χ1n) is 8.82. The summed E-state index contributed by atoms with van der Waals surface area (Å²) in [6.45, 7) is 7.03. The Morgan fingerprint density at radius 3 is 2.32 bits per heavy atom. The molecule has 25 heavy (non-hydrogen) atoms. The molecule has 0 aliphatic rings. The van der Waals surface area contributed by atoms with Crippen LogP contribution < -0.4 is 5.32 Å². The molecule has 0 spiro atoms. The van der Waals surface area contributed by atoms with Crippen LogP contribution in [0.25, 0.3) is 0 Å². The fraction of sp³-hybridized carbons (Fsp3) is 0.611. The zero-order valence-corrected chi connectivity index (χ0v) is 16.3. The Morgan fingerprint density at radius 1 is 1.12 bits per heavy atom. The van der Waals surface area contributed by atoms with E-state index in [0.717, 1.165) is 12.0 Å². The molecule has 7 heteroatoms. The highest BCUT2D eigenvalue weighted by atomic mass is 31.2. The van der Waals surface area contributed by atoms with Crippen LogP contribution in [0.3, 0.4) is 0 Å². The molecule has 1 aromatic carbocycles. The fourth-order valence-corrected chi connectivity index (χ4v) is 3.85. The van der Waals surface area contributed by atoms with Crippen LogP contribution in [0.2, 0.25) is 0 Å². The summed E-state index contributed by atoms with van der Waals surface area (Å²) in [6, 6.07) is 9.81. The van der Waals surface area contributed by atoms with Crippen molar-refractivity contribution >= 4 is 13.5 Å². The summed E-state index contributed by atoms with van der Waals surface area (Å²) in [5.74, 6) is -0.171.